The first-order valence-electron chi connectivity index (χ1n) is 9.52. The number of benzene rings is 2. The van der Waals surface area contributed by atoms with Crippen LogP contribution in [0.2, 0.25) is 0 Å². The van der Waals surface area contributed by atoms with Crippen LogP contribution in [-0.4, -0.2) is 60.4 Å². The van der Waals surface area contributed by atoms with E-state index in [-0.39, 0.29) is 29.7 Å². The van der Waals surface area contributed by atoms with Gasteiger partial charge in [-0.1, -0.05) is 24.3 Å². The fraction of sp³-hybridized carbons (Fsp3) is 0.364. The first kappa shape index (κ1) is 18.6. The Labute approximate surface area is 164 Å². The van der Waals surface area contributed by atoms with Crippen LogP contribution in [0.3, 0.4) is 0 Å². The van der Waals surface area contributed by atoms with Crippen molar-refractivity contribution in [2.75, 3.05) is 38.1 Å². The molecule has 146 valence electrons. The Morgan fingerprint density at radius 1 is 1.11 bits per heavy atom. The number of rotatable bonds is 2. The standard InChI is InChI=1S/C22H24FN3O2/c1-16-6-3-4-9-19(16)21(28)25-11-10-22(14-25)15-26(20(27)13-24(22)2)18-8-5-7-17(23)12-18/h3-9,12H,10-11,13-15H2,1-2H3/t22-/m0/s1. The average molecular weight is 381 g/mol. The molecule has 2 aromatic rings. The lowest BCUT2D eigenvalue weighted by Gasteiger charge is -2.46. The van der Waals surface area contributed by atoms with Gasteiger partial charge in [-0.25, -0.2) is 4.39 Å². The molecule has 6 heteroatoms. The van der Waals surface area contributed by atoms with Gasteiger partial charge in [-0.05, 0) is 50.2 Å². The highest BCUT2D eigenvalue weighted by molar-refractivity contribution is 5.97. The summed E-state index contributed by atoms with van der Waals surface area (Å²) in [6.07, 6.45) is 0.778. The lowest BCUT2D eigenvalue weighted by atomic mass is 9.92. The number of halogens is 1. The summed E-state index contributed by atoms with van der Waals surface area (Å²) in [5.41, 5.74) is 1.93. The SMILES string of the molecule is Cc1ccccc1C(=O)N1CC[C@]2(C1)CN(c1cccc(F)c1)C(=O)CN2C. The van der Waals surface area contributed by atoms with Crippen LogP contribution in [0.25, 0.3) is 0 Å². The maximum absolute atomic E-state index is 13.7. The number of nitrogens with zero attached hydrogens (tertiary/aromatic N) is 3. The molecule has 2 aromatic carbocycles. The van der Waals surface area contributed by atoms with Crippen LogP contribution < -0.4 is 4.90 Å². The van der Waals surface area contributed by atoms with Crippen molar-refractivity contribution < 1.29 is 14.0 Å². The summed E-state index contributed by atoms with van der Waals surface area (Å²) in [5.74, 6) is -0.388. The van der Waals surface area contributed by atoms with Gasteiger partial charge in [0.1, 0.15) is 5.82 Å². The number of amides is 2. The number of anilines is 1. The first-order valence-corrected chi connectivity index (χ1v) is 9.52. The van der Waals surface area contributed by atoms with Crippen molar-refractivity contribution in [3.63, 3.8) is 0 Å². The van der Waals surface area contributed by atoms with Crippen LogP contribution in [0.1, 0.15) is 22.3 Å². The third-order valence-corrected chi connectivity index (χ3v) is 6.05. The number of hydrogen-bond acceptors (Lipinski definition) is 3. The fourth-order valence-corrected chi connectivity index (χ4v) is 4.29. The number of likely N-dealkylation sites (N-methyl/N-ethyl adjacent to an activating group) is 1. The van der Waals surface area contributed by atoms with Gasteiger partial charge in [0.15, 0.2) is 0 Å². The Hall–Kier alpha value is -2.73. The largest absolute Gasteiger partial charge is 0.337 e. The lowest BCUT2D eigenvalue weighted by molar-refractivity contribution is -0.123. The quantitative estimate of drug-likeness (QED) is 0.803. The number of carbonyl (C=O) groups excluding carboxylic acids is 2. The molecule has 5 nitrogen and oxygen atoms in total. The Morgan fingerprint density at radius 2 is 1.89 bits per heavy atom. The minimum Gasteiger partial charge on any atom is -0.337 e. The highest BCUT2D eigenvalue weighted by atomic mass is 19.1. The molecular formula is C22H24FN3O2. The Kier molecular flexibility index (Phi) is 4.67. The van der Waals surface area contributed by atoms with Crippen LogP contribution in [0.5, 0.6) is 0 Å². The zero-order valence-corrected chi connectivity index (χ0v) is 16.2. The molecule has 2 amide bonds. The number of hydrogen-bond donors (Lipinski definition) is 0. The van der Waals surface area contributed by atoms with E-state index < -0.39 is 0 Å². The monoisotopic (exact) mass is 381 g/mol. The molecule has 2 fully saturated rings. The van der Waals surface area contributed by atoms with Gasteiger partial charge in [0, 0.05) is 30.9 Å². The van der Waals surface area contributed by atoms with Crippen LogP contribution in [0, 0.1) is 12.7 Å². The second-order valence-corrected chi connectivity index (χ2v) is 7.83. The van der Waals surface area contributed by atoms with Crippen LogP contribution >= 0.6 is 0 Å². The Bertz CT molecular complexity index is 932. The molecule has 1 spiro atoms. The maximum Gasteiger partial charge on any atom is 0.254 e. The third-order valence-electron chi connectivity index (χ3n) is 6.05. The van der Waals surface area contributed by atoms with E-state index in [4.69, 9.17) is 0 Å². The van der Waals surface area contributed by atoms with Gasteiger partial charge in [0.05, 0.1) is 12.1 Å². The normalized spacial score (nSPS) is 22.9. The molecule has 0 bridgehead atoms. The van der Waals surface area contributed by atoms with E-state index in [1.54, 1.807) is 17.0 Å². The molecule has 0 aromatic heterocycles. The van der Waals surface area contributed by atoms with Gasteiger partial charge < -0.3 is 9.80 Å². The summed E-state index contributed by atoms with van der Waals surface area (Å²) in [4.78, 5) is 31.2. The fourth-order valence-electron chi connectivity index (χ4n) is 4.29. The molecule has 4 rings (SSSR count). The van der Waals surface area contributed by atoms with Crippen LogP contribution in [0.15, 0.2) is 48.5 Å². The molecule has 0 saturated carbocycles. The minimum absolute atomic E-state index is 0.0255. The van der Waals surface area contributed by atoms with Crippen molar-refractivity contribution in [2.45, 2.75) is 18.9 Å². The van der Waals surface area contributed by atoms with Gasteiger partial charge >= 0.3 is 0 Å². The van der Waals surface area contributed by atoms with E-state index in [1.807, 2.05) is 43.1 Å². The van der Waals surface area contributed by atoms with Crippen molar-refractivity contribution in [1.29, 1.82) is 0 Å². The van der Waals surface area contributed by atoms with Crippen molar-refractivity contribution in [3.05, 3.63) is 65.5 Å². The third kappa shape index (κ3) is 3.18. The average Bonchev–Trinajstić information content (AvgIpc) is 3.10. The molecule has 28 heavy (non-hydrogen) atoms. The number of piperazine rings is 1. The minimum atomic E-state index is -0.360. The highest BCUT2D eigenvalue weighted by Crippen LogP contribution is 2.34. The summed E-state index contributed by atoms with van der Waals surface area (Å²) in [6.45, 7) is 3.83. The predicted octanol–water partition coefficient (Wildman–Crippen LogP) is 2.70. The summed E-state index contributed by atoms with van der Waals surface area (Å²) in [7, 11) is 1.93. The topological polar surface area (TPSA) is 43.9 Å². The van der Waals surface area contributed by atoms with Gasteiger partial charge in [-0.3, -0.25) is 14.5 Å². The molecule has 0 N–H and O–H groups in total. The van der Waals surface area contributed by atoms with E-state index in [0.717, 1.165) is 17.5 Å². The van der Waals surface area contributed by atoms with E-state index in [1.165, 1.54) is 12.1 Å². The van der Waals surface area contributed by atoms with Gasteiger partial charge in [0.25, 0.3) is 5.91 Å². The molecule has 0 aliphatic carbocycles. The number of likely N-dealkylation sites (tertiary alicyclic amines) is 1. The highest BCUT2D eigenvalue weighted by Gasteiger charge is 2.48. The van der Waals surface area contributed by atoms with Gasteiger partial charge in [-0.2, -0.15) is 0 Å². The molecule has 1 atom stereocenters. The molecule has 2 aliphatic heterocycles. The Morgan fingerprint density at radius 3 is 2.64 bits per heavy atom. The number of aryl methyl sites for hydroxylation is 1. The van der Waals surface area contributed by atoms with E-state index >= 15 is 0 Å². The van der Waals surface area contributed by atoms with Gasteiger partial charge in [-0.15, -0.1) is 0 Å². The maximum atomic E-state index is 13.7. The van der Waals surface area contributed by atoms with E-state index in [0.29, 0.717) is 25.3 Å². The summed E-state index contributed by atoms with van der Waals surface area (Å²) >= 11 is 0. The molecule has 2 heterocycles. The summed E-state index contributed by atoms with van der Waals surface area (Å²) < 4.78 is 13.7. The van der Waals surface area contributed by atoms with E-state index in [9.17, 15) is 14.0 Å². The lowest BCUT2D eigenvalue weighted by Crippen LogP contribution is -2.64. The molecule has 2 aliphatic rings. The number of carbonyl (C=O) groups is 2. The summed E-state index contributed by atoms with van der Waals surface area (Å²) in [6, 6.07) is 13.7. The smallest absolute Gasteiger partial charge is 0.254 e. The van der Waals surface area contributed by atoms with Crippen LogP contribution in [-0.2, 0) is 4.79 Å². The molecule has 0 unspecified atom stereocenters. The zero-order valence-electron chi connectivity index (χ0n) is 16.2. The zero-order chi connectivity index (χ0) is 19.9. The molecular weight excluding hydrogens is 357 g/mol. The predicted molar refractivity (Wildman–Crippen MR) is 106 cm³/mol. The summed E-state index contributed by atoms with van der Waals surface area (Å²) in [5, 5.41) is 0. The Balaban J connectivity index is 1.58. The van der Waals surface area contributed by atoms with Crippen molar-refractivity contribution in [1.82, 2.24) is 9.80 Å². The van der Waals surface area contributed by atoms with Gasteiger partial charge in [0.2, 0.25) is 5.91 Å². The second kappa shape index (κ2) is 7.02. The van der Waals surface area contributed by atoms with E-state index in [2.05, 4.69) is 4.90 Å². The molecule has 2 saturated heterocycles. The second-order valence-electron chi connectivity index (χ2n) is 7.83. The van der Waals surface area contributed by atoms with Crippen molar-refractivity contribution >= 4 is 17.5 Å². The van der Waals surface area contributed by atoms with Crippen molar-refractivity contribution in [3.8, 4) is 0 Å². The van der Waals surface area contributed by atoms with Crippen LogP contribution in [0.4, 0.5) is 10.1 Å². The first-order chi connectivity index (χ1) is 13.4. The molecule has 0 radical (unpaired) electrons. The van der Waals surface area contributed by atoms with Crippen molar-refractivity contribution in [2.24, 2.45) is 0 Å².